The van der Waals surface area contributed by atoms with E-state index in [1.165, 1.54) is 16.1 Å². The second-order valence-electron chi connectivity index (χ2n) is 3.55. The number of rotatable bonds is 3. The Morgan fingerprint density at radius 2 is 2.33 bits per heavy atom. The summed E-state index contributed by atoms with van der Waals surface area (Å²) in [6.07, 6.45) is 0. The van der Waals surface area contributed by atoms with Gasteiger partial charge in [-0.15, -0.1) is 11.3 Å². The molecule has 0 unspecified atom stereocenters. The highest BCUT2D eigenvalue weighted by Gasteiger charge is 2.13. The van der Waals surface area contributed by atoms with Crippen LogP contribution in [0, 0.1) is 6.92 Å². The largest absolute Gasteiger partial charge is 0.314 e. The maximum atomic E-state index is 4.56. The molecule has 3 nitrogen and oxygen atoms in total. The third-order valence-corrected chi connectivity index (χ3v) is 3.40. The van der Waals surface area contributed by atoms with Crippen molar-refractivity contribution in [2.45, 2.75) is 13.5 Å². The van der Waals surface area contributed by atoms with Crippen LogP contribution in [0.5, 0.6) is 0 Å². The lowest BCUT2D eigenvalue weighted by Crippen LogP contribution is -2.10. The van der Waals surface area contributed by atoms with Gasteiger partial charge in [-0.2, -0.15) is 5.10 Å². The molecule has 0 atom stereocenters. The van der Waals surface area contributed by atoms with Gasteiger partial charge in [0.15, 0.2) is 0 Å². The van der Waals surface area contributed by atoms with Crippen molar-refractivity contribution >= 4 is 11.3 Å². The highest BCUT2D eigenvalue weighted by atomic mass is 32.1. The molecule has 0 bridgehead atoms. The lowest BCUT2D eigenvalue weighted by atomic mass is 10.2. The molecular weight excluding hydrogens is 206 g/mol. The Balaban J connectivity index is 2.46. The summed E-state index contributed by atoms with van der Waals surface area (Å²) in [7, 11) is 3.95. The van der Waals surface area contributed by atoms with Gasteiger partial charge in [0.05, 0.1) is 10.6 Å². The molecule has 0 aliphatic heterocycles. The fourth-order valence-corrected chi connectivity index (χ4v) is 2.49. The van der Waals surface area contributed by atoms with Crippen LogP contribution in [0.15, 0.2) is 17.5 Å². The monoisotopic (exact) mass is 221 g/mol. The standard InChI is InChI=1S/C11H15N3S/c1-8-9(7-12-2)14(3)13-11(8)10-5-4-6-15-10/h4-6,12H,7H2,1-3H3. The first-order valence-corrected chi connectivity index (χ1v) is 5.83. The third-order valence-electron chi connectivity index (χ3n) is 2.53. The third kappa shape index (κ3) is 1.82. The first kappa shape index (κ1) is 10.4. The summed E-state index contributed by atoms with van der Waals surface area (Å²) in [5.41, 5.74) is 3.63. The Morgan fingerprint density at radius 1 is 1.53 bits per heavy atom. The van der Waals surface area contributed by atoms with Crippen molar-refractivity contribution in [2.24, 2.45) is 7.05 Å². The fraction of sp³-hybridized carbons (Fsp3) is 0.364. The number of aryl methyl sites for hydroxylation is 1. The number of hydrogen-bond donors (Lipinski definition) is 1. The Bertz CT molecular complexity index is 443. The predicted octanol–water partition coefficient (Wildman–Crippen LogP) is 2.18. The van der Waals surface area contributed by atoms with Gasteiger partial charge in [0.25, 0.3) is 0 Å². The summed E-state index contributed by atoms with van der Waals surface area (Å²) < 4.78 is 1.96. The summed E-state index contributed by atoms with van der Waals surface area (Å²) in [6, 6.07) is 4.18. The average molecular weight is 221 g/mol. The minimum Gasteiger partial charge on any atom is -0.314 e. The normalized spacial score (nSPS) is 10.9. The maximum Gasteiger partial charge on any atom is 0.105 e. The Kier molecular flexibility index (Phi) is 2.88. The number of aromatic nitrogens is 2. The van der Waals surface area contributed by atoms with Crippen LogP contribution in [0.3, 0.4) is 0 Å². The lowest BCUT2D eigenvalue weighted by Gasteiger charge is -2.01. The van der Waals surface area contributed by atoms with Gasteiger partial charge in [-0.3, -0.25) is 4.68 Å². The van der Waals surface area contributed by atoms with Gasteiger partial charge in [-0.25, -0.2) is 0 Å². The van der Waals surface area contributed by atoms with Crippen LogP contribution in [-0.2, 0) is 13.6 Å². The van der Waals surface area contributed by atoms with Gasteiger partial charge >= 0.3 is 0 Å². The van der Waals surface area contributed by atoms with E-state index in [9.17, 15) is 0 Å². The fourth-order valence-electron chi connectivity index (χ4n) is 1.73. The topological polar surface area (TPSA) is 29.9 Å². The van der Waals surface area contributed by atoms with Crippen LogP contribution in [-0.4, -0.2) is 16.8 Å². The summed E-state index contributed by atoms with van der Waals surface area (Å²) in [5, 5.41) is 9.81. The van der Waals surface area contributed by atoms with Gasteiger partial charge in [0.2, 0.25) is 0 Å². The van der Waals surface area contributed by atoms with E-state index in [-0.39, 0.29) is 0 Å². The number of nitrogens with one attached hydrogen (secondary N) is 1. The number of thiophene rings is 1. The van der Waals surface area contributed by atoms with Crippen molar-refractivity contribution < 1.29 is 0 Å². The molecule has 0 fully saturated rings. The zero-order valence-corrected chi connectivity index (χ0v) is 10.1. The van der Waals surface area contributed by atoms with Crippen LogP contribution in [0.1, 0.15) is 11.3 Å². The van der Waals surface area contributed by atoms with Crippen molar-refractivity contribution in [3.05, 3.63) is 28.8 Å². The molecule has 0 saturated carbocycles. The summed E-state index contributed by atoms with van der Waals surface area (Å²) in [4.78, 5) is 1.24. The number of hydrogen-bond acceptors (Lipinski definition) is 3. The number of nitrogens with zero attached hydrogens (tertiary/aromatic N) is 2. The van der Waals surface area contributed by atoms with Crippen LogP contribution in [0.2, 0.25) is 0 Å². The maximum absolute atomic E-state index is 4.56. The van der Waals surface area contributed by atoms with Crippen LogP contribution in [0.25, 0.3) is 10.6 Å². The van der Waals surface area contributed by atoms with Gasteiger partial charge in [0.1, 0.15) is 5.69 Å². The molecule has 4 heteroatoms. The van der Waals surface area contributed by atoms with E-state index in [0.29, 0.717) is 0 Å². The van der Waals surface area contributed by atoms with Crippen LogP contribution in [0.4, 0.5) is 0 Å². The second kappa shape index (κ2) is 4.16. The first-order chi connectivity index (χ1) is 7.24. The second-order valence-corrected chi connectivity index (χ2v) is 4.50. The summed E-state index contributed by atoms with van der Waals surface area (Å²) >= 11 is 1.73. The predicted molar refractivity (Wildman–Crippen MR) is 64.0 cm³/mol. The lowest BCUT2D eigenvalue weighted by molar-refractivity contribution is 0.671. The van der Waals surface area contributed by atoms with E-state index in [2.05, 4.69) is 34.9 Å². The molecule has 0 amide bonds. The Morgan fingerprint density at radius 3 is 2.93 bits per heavy atom. The summed E-state index contributed by atoms with van der Waals surface area (Å²) in [5.74, 6) is 0. The van der Waals surface area contributed by atoms with E-state index >= 15 is 0 Å². The average Bonchev–Trinajstić information content (AvgIpc) is 2.81. The quantitative estimate of drug-likeness (QED) is 0.861. The van der Waals surface area contributed by atoms with E-state index in [0.717, 1.165) is 12.2 Å². The smallest absolute Gasteiger partial charge is 0.105 e. The molecule has 15 heavy (non-hydrogen) atoms. The van der Waals surface area contributed by atoms with Crippen molar-refractivity contribution in [1.29, 1.82) is 0 Å². The van der Waals surface area contributed by atoms with Crippen LogP contribution >= 0.6 is 11.3 Å². The van der Waals surface area contributed by atoms with Crippen molar-refractivity contribution in [1.82, 2.24) is 15.1 Å². The molecule has 2 aromatic rings. The molecule has 2 rings (SSSR count). The summed E-state index contributed by atoms with van der Waals surface area (Å²) in [6.45, 7) is 3.00. The van der Waals surface area contributed by atoms with Crippen molar-refractivity contribution in [2.75, 3.05) is 7.05 Å². The molecular formula is C11H15N3S. The molecule has 0 aliphatic carbocycles. The SMILES string of the molecule is CNCc1c(C)c(-c2cccs2)nn1C. The molecule has 2 heterocycles. The minimum absolute atomic E-state index is 0.862. The van der Waals surface area contributed by atoms with E-state index in [1.807, 2.05) is 18.8 Å². The van der Waals surface area contributed by atoms with E-state index in [1.54, 1.807) is 11.3 Å². The Hall–Kier alpha value is -1.13. The zero-order chi connectivity index (χ0) is 10.8. The molecule has 1 N–H and O–H groups in total. The molecule has 0 aliphatic rings. The minimum atomic E-state index is 0.862. The van der Waals surface area contributed by atoms with Gasteiger partial charge in [-0.1, -0.05) is 6.07 Å². The van der Waals surface area contributed by atoms with Gasteiger partial charge < -0.3 is 5.32 Å². The highest BCUT2D eigenvalue weighted by Crippen LogP contribution is 2.28. The first-order valence-electron chi connectivity index (χ1n) is 4.95. The molecule has 0 saturated heterocycles. The van der Waals surface area contributed by atoms with Gasteiger partial charge in [-0.05, 0) is 25.4 Å². The van der Waals surface area contributed by atoms with Crippen molar-refractivity contribution in [3.8, 4) is 10.6 Å². The van der Waals surface area contributed by atoms with E-state index in [4.69, 9.17) is 0 Å². The Labute approximate surface area is 93.7 Å². The molecule has 0 radical (unpaired) electrons. The van der Waals surface area contributed by atoms with Crippen LogP contribution < -0.4 is 5.32 Å². The molecule has 2 aromatic heterocycles. The molecule has 0 spiro atoms. The highest BCUT2D eigenvalue weighted by molar-refractivity contribution is 7.13. The molecule has 80 valence electrons. The zero-order valence-electron chi connectivity index (χ0n) is 9.24. The van der Waals surface area contributed by atoms with E-state index < -0.39 is 0 Å². The molecule has 0 aromatic carbocycles. The van der Waals surface area contributed by atoms with Crippen molar-refractivity contribution in [3.63, 3.8) is 0 Å². The van der Waals surface area contributed by atoms with Gasteiger partial charge in [0, 0.05) is 19.2 Å².